The van der Waals surface area contributed by atoms with Crippen LogP contribution >= 0.6 is 0 Å². The summed E-state index contributed by atoms with van der Waals surface area (Å²) in [6.45, 7) is 3.24. The zero-order valence-corrected chi connectivity index (χ0v) is 17.7. The van der Waals surface area contributed by atoms with E-state index in [0.29, 0.717) is 18.7 Å². The van der Waals surface area contributed by atoms with Crippen molar-refractivity contribution in [1.82, 2.24) is 19.7 Å². The van der Waals surface area contributed by atoms with Crippen molar-refractivity contribution in [3.05, 3.63) is 89.6 Å². The fourth-order valence-electron chi connectivity index (χ4n) is 4.31. The van der Waals surface area contributed by atoms with Gasteiger partial charge < -0.3 is 4.90 Å². The van der Waals surface area contributed by atoms with Crippen LogP contribution in [0.4, 0.5) is 0 Å². The van der Waals surface area contributed by atoms with Crippen molar-refractivity contribution in [1.29, 1.82) is 0 Å². The summed E-state index contributed by atoms with van der Waals surface area (Å²) >= 11 is 0. The van der Waals surface area contributed by atoms with Gasteiger partial charge in [-0.15, -0.1) is 0 Å². The van der Waals surface area contributed by atoms with Crippen LogP contribution in [0.2, 0.25) is 0 Å². The molecule has 0 fully saturated rings. The molecular weight excluding hydrogens is 384 g/mol. The van der Waals surface area contributed by atoms with Crippen molar-refractivity contribution in [2.24, 2.45) is 7.05 Å². The molecule has 0 saturated heterocycles. The summed E-state index contributed by atoms with van der Waals surface area (Å²) < 4.78 is 1.76. The molecule has 0 saturated carbocycles. The predicted octanol–water partition coefficient (Wildman–Crippen LogP) is 4.87. The van der Waals surface area contributed by atoms with E-state index in [0.717, 1.165) is 34.4 Å². The van der Waals surface area contributed by atoms with Gasteiger partial charge in [0, 0.05) is 25.7 Å². The number of fused-ring (bicyclic) bond motifs is 1. The van der Waals surface area contributed by atoms with Crippen molar-refractivity contribution >= 4 is 22.5 Å². The Kier molecular flexibility index (Phi) is 4.86. The Morgan fingerprint density at radius 2 is 1.65 bits per heavy atom. The summed E-state index contributed by atoms with van der Waals surface area (Å²) in [5.41, 5.74) is 6.54. The molecule has 3 heterocycles. The second-order valence-electron chi connectivity index (χ2n) is 7.93. The average molecular weight is 409 g/mol. The lowest BCUT2D eigenvalue weighted by atomic mass is 9.98. The standard InChI is InChI=1S/C26H24N4O/c1-18-24-22(17-23(21-11-7-4-8-12-21)27-25(24)29(2)28-18)26(31)30-15-13-20(14-16-30)19-9-5-3-6-10-19/h3-13,17H,14-16H2,1-2H3. The molecule has 4 aromatic rings. The van der Waals surface area contributed by atoms with Crippen molar-refractivity contribution < 1.29 is 4.79 Å². The molecule has 1 aliphatic heterocycles. The highest BCUT2D eigenvalue weighted by Gasteiger charge is 2.24. The Bertz CT molecular complexity index is 1290. The van der Waals surface area contributed by atoms with Crippen LogP contribution in [-0.2, 0) is 7.05 Å². The predicted molar refractivity (Wildman–Crippen MR) is 124 cm³/mol. The van der Waals surface area contributed by atoms with Gasteiger partial charge in [-0.2, -0.15) is 5.10 Å². The Morgan fingerprint density at radius 3 is 2.29 bits per heavy atom. The summed E-state index contributed by atoms with van der Waals surface area (Å²) in [4.78, 5) is 20.4. The number of amides is 1. The minimum atomic E-state index is 0.0315. The molecule has 2 aromatic heterocycles. The third-order valence-corrected chi connectivity index (χ3v) is 5.91. The zero-order valence-electron chi connectivity index (χ0n) is 17.7. The van der Waals surface area contributed by atoms with E-state index in [1.807, 2.05) is 61.3 Å². The monoisotopic (exact) mass is 408 g/mol. The molecule has 1 aliphatic rings. The third kappa shape index (κ3) is 3.52. The first-order valence-corrected chi connectivity index (χ1v) is 10.6. The molecule has 0 unspecified atom stereocenters. The summed E-state index contributed by atoms with van der Waals surface area (Å²) in [6, 6.07) is 22.3. The van der Waals surface area contributed by atoms with Crippen LogP contribution in [0.25, 0.3) is 27.9 Å². The third-order valence-electron chi connectivity index (χ3n) is 5.91. The number of aromatic nitrogens is 3. The lowest BCUT2D eigenvalue weighted by Crippen LogP contribution is -2.34. The fraction of sp³-hybridized carbons (Fsp3) is 0.192. The van der Waals surface area contributed by atoms with Crippen LogP contribution in [0, 0.1) is 6.92 Å². The molecule has 154 valence electrons. The van der Waals surface area contributed by atoms with E-state index < -0.39 is 0 Å². The molecule has 5 heteroatoms. The zero-order chi connectivity index (χ0) is 21.4. The molecule has 5 nitrogen and oxygen atoms in total. The van der Waals surface area contributed by atoms with Crippen molar-refractivity contribution in [2.45, 2.75) is 13.3 Å². The van der Waals surface area contributed by atoms with E-state index in [-0.39, 0.29) is 5.91 Å². The molecular formula is C26H24N4O. The second kappa shape index (κ2) is 7.84. The molecule has 0 N–H and O–H groups in total. The van der Waals surface area contributed by atoms with Gasteiger partial charge in [0.25, 0.3) is 5.91 Å². The summed E-state index contributed by atoms with van der Waals surface area (Å²) in [5.74, 6) is 0.0315. The number of carbonyl (C=O) groups excluding carboxylic acids is 1. The number of rotatable bonds is 3. The highest BCUT2D eigenvalue weighted by molar-refractivity contribution is 6.07. The van der Waals surface area contributed by atoms with Crippen LogP contribution in [0.1, 0.15) is 28.0 Å². The van der Waals surface area contributed by atoms with Gasteiger partial charge in [0.05, 0.1) is 22.3 Å². The Balaban J connectivity index is 1.54. The van der Waals surface area contributed by atoms with Gasteiger partial charge in [0.2, 0.25) is 0 Å². The van der Waals surface area contributed by atoms with Gasteiger partial charge in [-0.1, -0.05) is 66.7 Å². The van der Waals surface area contributed by atoms with Crippen LogP contribution in [0.5, 0.6) is 0 Å². The highest BCUT2D eigenvalue weighted by atomic mass is 16.2. The lowest BCUT2D eigenvalue weighted by Gasteiger charge is -2.27. The van der Waals surface area contributed by atoms with Crippen molar-refractivity contribution in [3.8, 4) is 11.3 Å². The maximum Gasteiger partial charge on any atom is 0.255 e. The van der Waals surface area contributed by atoms with Gasteiger partial charge in [-0.3, -0.25) is 9.48 Å². The largest absolute Gasteiger partial charge is 0.335 e. The Hall–Kier alpha value is -3.73. The Morgan fingerprint density at radius 1 is 0.968 bits per heavy atom. The molecule has 5 rings (SSSR count). The van der Waals surface area contributed by atoms with Gasteiger partial charge >= 0.3 is 0 Å². The smallest absolute Gasteiger partial charge is 0.255 e. The number of carbonyl (C=O) groups is 1. The summed E-state index contributed by atoms with van der Waals surface area (Å²) in [5, 5.41) is 5.37. The van der Waals surface area contributed by atoms with Crippen molar-refractivity contribution in [2.75, 3.05) is 13.1 Å². The first kappa shape index (κ1) is 19.2. The van der Waals surface area contributed by atoms with Crippen LogP contribution in [0.3, 0.4) is 0 Å². The lowest BCUT2D eigenvalue weighted by molar-refractivity contribution is 0.0774. The minimum Gasteiger partial charge on any atom is -0.335 e. The highest BCUT2D eigenvalue weighted by Crippen LogP contribution is 2.29. The molecule has 31 heavy (non-hydrogen) atoms. The van der Waals surface area contributed by atoms with E-state index >= 15 is 0 Å². The SMILES string of the molecule is Cc1nn(C)c2nc(-c3ccccc3)cc(C(=O)N3CC=C(c4ccccc4)CC3)c12. The molecule has 1 amide bonds. The average Bonchev–Trinajstić information content (AvgIpc) is 3.12. The van der Waals surface area contributed by atoms with E-state index in [1.54, 1.807) is 4.68 Å². The molecule has 0 radical (unpaired) electrons. The Labute approximate surface area is 181 Å². The molecule has 0 spiro atoms. The molecule has 0 atom stereocenters. The summed E-state index contributed by atoms with van der Waals surface area (Å²) in [6.07, 6.45) is 3.02. The van der Waals surface area contributed by atoms with E-state index in [1.165, 1.54) is 11.1 Å². The number of benzene rings is 2. The number of pyridine rings is 1. The normalized spacial score (nSPS) is 14.0. The van der Waals surface area contributed by atoms with E-state index in [2.05, 4.69) is 35.4 Å². The van der Waals surface area contributed by atoms with Gasteiger partial charge in [0.15, 0.2) is 5.65 Å². The quantitative estimate of drug-likeness (QED) is 0.486. The number of hydrogen-bond donors (Lipinski definition) is 0. The fourth-order valence-corrected chi connectivity index (χ4v) is 4.31. The maximum absolute atomic E-state index is 13.6. The van der Waals surface area contributed by atoms with Crippen LogP contribution in [0.15, 0.2) is 72.8 Å². The number of hydrogen-bond acceptors (Lipinski definition) is 3. The first-order chi connectivity index (χ1) is 15.1. The van der Waals surface area contributed by atoms with Gasteiger partial charge in [-0.05, 0) is 30.5 Å². The first-order valence-electron chi connectivity index (χ1n) is 10.6. The number of aryl methyl sites for hydroxylation is 2. The van der Waals surface area contributed by atoms with Crippen LogP contribution in [-0.4, -0.2) is 38.7 Å². The minimum absolute atomic E-state index is 0.0315. The molecule has 0 bridgehead atoms. The van der Waals surface area contributed by atoms with E-state index in [9.17, 15) is 4.79 Å². The van der Waals surface area contributed by atoms with Gasteiger partial charge in [-0.25, -0.2) is 4.98 Å². The summed E-state index contributed by atoms with van der Waals surface area (Å²) in [7, 11) is 1.88. The van der Waals surface area contributed by atoms with Gasteiger partial charge in [0.1, 0.15) is 0 Å². The topological polar surface area (TPSA) is 51.0 Å². The second-order valence-corrected chi connectivity index (χ2v) is 7.93. The number of nitrogens with zero attached hydrogens (tertiary/aromatic N) is 4. The van der Waals surface area contributed by atoms with Crippen LogP contribution < -0.4 is 0 Å². The molecule has 2 aromatic carbocycles. The van der Waals surface area contributed by atoms with Crippen molar-refractivity contribution in [3.63, 3.8) is 0 Å². The van der Waals surface area contributed by atoms with E-state index in [4.69, 9.17) is 4.98 Å². The molecule has 0 aliphatic carbocycles. The maximum atomic E-state index is 13.6.